The van der Waals surface area contributed by atoms with Crippen LogP contribution in [0.15, 0.2) is 30.3 Å². The minimum absolute atomic E-state index is 0.435. The molecule has 5 nitrogen and oxygen atoms in total. The summed E-state index contributed by atoms with van der Waals surface area (Å²) in [6.07, 6.45) is 0.593. The number of hydrogen-bond donors (Lipinski definition) is 0. The zero-order chi connectivity index (χ0) is 9.80. The molecule has 0 fully saturated rings. The zero-order valence-corrected chi connectivity index (χ0v) is 7.50. The van der Waals surface area contributed by atoms with Crippen molar-refractivity contribution in [3.8, 4) is 0 Å². The van der Waals surface area contributed by atoms with E-state index < -0.39 is 6.73 Å². The van der Waals surface area contributed by atoms with Crippen molar-refractivity contribution in [3.05, 3.63) is 41.7 Å². The molecule has 1 aromatic heterocycles. The van der Waals surface area contributed by atoms with E-state index in [1.807, 2.05) is 30.3 Å². The Hall–Kier alpha value is -1.75. The van der Waals surface area contributed by atoms with Crippen molar-refractivity contribution in [2.45, 2.75) is 13.2 Å². The van der Waals surface area contributed by atoms with E-state index in [4.69, 9.17) is 0 Å². The first-order valence-electron chi connectivity index (χ1n) is 4.27. The van der Waals surface area contributed by atoms with Crippen molar-refractivity contribution in [3.63, 3.8) is 0 Å². The van der Waals surface area contributed by atoms with Gasteiger partial charge in [0.05, 0.1) is 0 Å². The SMILES string of the molecule is [O]Cn1nnnc1Cc1ccccc1. The molecular formula is C9H9N4O. The second-order valence-electron chi connectivity index (χ2n) is 2.89. The maximum atomic E-state index is 10.6. The third kappa shape index (κ3) is 1.77. The standard InChI is InChI=1S/C9H9N4O/c14-7-13-9(10-11-12-13)6-8-4-2-1-3-5-8/h1-5H,6-7H2. The van der Waals surface area contributed by atoms with Crippen LogP contribution >= 0.6 is 0 Å². The molecule has 0 amide bonds. The minimum Gasteiger partial charge on any atom is -0.211 e. The Bertz CT molecular complexity index is 398. The average molecular weight is 189 g/mol. The Morgan fingerprint density at radius 2 is 2.00 bits per heavy atom. The van der Waals surface area contributed by atoms with Crippen LogP contribution in [0.2, 0.25) is 0 Å². The molecule has 0 unspecified atom stereocenters. The lowest BCUT2D eigenvalue weighted by Crippen LogP contribution is -2.05. The molecule has 0 bridgehead atoms. The number of rotatable bonds is 3. The predicted octanol–water partition coefficient (Wildman–Crippen LogP) is 0.652. The quantitative estimate of drug-likeness (QED) is 0.712. The Morgan fingerprint density at radius 1 is 1.21 bits per heavy atom. The summed E-state index contributed by atoms with van der Waals surface area (Å²) in [5, 5.41) is 21.4. The van der Waals surface area contributed by atoms with Gasteiger partial charge >= 0.3 is 0 Å². The van der Waals surface area contributed by atoms with Crippen molar-refractivity contribution in [1.82, 2.24) is 20.2 Å². The van der Waals surface area contributed by atoms with E-state index in [9.17, 15) is 5.11 Å². The van der Waals surface area contributed by atoms with Gasteiger partial charge in [0.15, 0.2) is 12.6 Å². The third-order valence-corrected chi connectivity index (χ3v) is 1.93. The van der Waals surface area contributed by atoms with E-state index in [1.54, 1.807) is 0 Å². The molecule has 0 N–H and O–H groups in total. The molecule has 1 radical (unpaired) electrons. The van der Waals surface area contributed by atoms with Gasteiger partial charge in [0.25, 0.3) is 0 Å². The Morgan fingerprint density at radius 3 is 2.71 bits per heavy atom. The van der Waals surface area contributed by atoms with Crippen molar-refractivity contribution in [2.75, 3.05) is 0 Å². The second kappa shape index (κ2) is 3.97. The molecule has 0 spiro atoms. The molecule has 0 aliphatic carbocycles. The van der Waals surface area contributed by atoms with Crippen LogP contribution in [0.4, 0.5) is 0 Å². The summed E-state index contributed by atoms with van der Waals surface area (Å²) in [5.41, 5.74) is 1.09. The lowest BCUT2D eigenvalue weighted by molar-refractivity contribution is 0.104. The van der Waals surface area contributed by atoms with Gasteiger partial charge in [0.1, 0.15) is 0 Å². The summed E-state index contributed by atoms with van der Waals surface area (Å²) in [6, 6.07) is 9.79. The first kappa shape index (κ1) is 8.83. The van der Waals surface area contributed by atoms with E-state index in [1.165, 1.54) is 4.68 Å². The molecule has 2 aromatic rings. The maximum absolute atomic E-state index is 10.6. The summed E-state index contributed by atoms with van der Waals surface area (Å²) in [6.45, 7) is -0.435. The van der Waals surface area contributed by atoms with Gasteiger partial charge in [-0.15, -0.1) is 5.10 Å². The monoisotopic (exact) mass is 189 g/mol. The van der Waals surface area contributed by atoms with Crippen molar-refractivity contribution in [2.24, 2.45) is 0 Å². The summed E-state index contributed by atoms with van der Waals surface area (Å²) in [7, 11) is 0. The summed E-state index contributed by atoms with van der Waals surface area (Å²) < 4.78 is 1.26. The van der Waals surface area contributed by atoms with Gasteiger partial charge in [-0.05, 0) is 16.0 Å². The van der Waals surface area contributed by atoms with E-state index in [2.05, 4.69) is 15.5 Å². The van der Waals surface area contributed by atoms with Crippen molar-refractivity contribution in [1.29, 1.82) is 0 Å². The number of tetrazole rings is 1. The smallest absolute Gasteiger partial charge is 0.178 e. The van der Waals surface area contributed by atoms with Crippen LogP contribution in [0.5, 0.6) is 0 Å². The van der Waals surface area contributed by atoms with Crippen LogP contribution in [0, 0.1) is 0 Å². The van der Waals surface area contributed by atoms with Crippen LogP contribution in [0.1, 0.15) is 11.4 Å². The first-order valence-corrected chi connectivity index (χ1v) is 4.27. The molecule has 0 aliphatic heterocycles. The van der Waals surface area contributed by atoms with Crippen LogP contribution in [0.25, 0.3) is 0 Å². The highest BCUT2D eigenvalue weighted by atomic mass is 16.3. The Balaban J connectivity index is 2.19. The van der Waals surface area contributed by atoms with Gasteiger partial charge in [0.2, 0.25) is 0 Å². The molecular weight excluding hydrogens is 180 g/mol. The highest BCUT2D eigenvalue weighted by Crippen LogP contribution is 2.04. The summed E-state index contributed by atoms with van der Waals surface area (Å²) in [5.74, 6) is 0.603. The molecule has 71 valence electrons. The normalized spacial score (nSPS) is 10.4. The van der Waals surface area contributed by atoms with Crippen molar-refractivity contribution < 1.29 is 5.11 Å². The summed E-state index contributed by atoms with van der Waals surface area (Å²) in [4.78, 5) is 0. The fourth-order valence-corrected chi connectivity index (χ4v) is 1.23. The molecule has 2 rings (SSSR count). The second-order valence-corrected chi connectivity index (χ2v) is 2.89. The summed E-state index contributed by atoms with van der Waals surface area (Å²) >= 11 is 0. The number of nitrogens with zero attached hydrogens (tertiary/aromatic N) is 4. The van der Waals surface area contributed by atoms with Gasteiger partial charge < -0.3 is 0 Å². The third-order valence-electron chi connectivity index (χ3n) is 1.93. The van der Waals surface area contributed by atoms with Crippen LogP contribution < -0.4 is 0 Å². The fraction of sp³-hybridized carbons (Fsp3) is 0.222. The molecule has 0 saturated carbocycles. The number of hydrogen-bond acceptors (Lipinski definition) is 3. The zero-order valence-electron chi connectivity index (χ0n) is 7.50. The van der Waals surface area contributed by atoms with Gasteiger partial charge in [-0.2, -0.15) is 0 Å². The number of aromatic nitrogens is 4. The highest BCUT2D eigenvalue weighted by molar-refractivity contribution is 5.18. The van der Waals surface area contributed by atoms with Crippen LogP contribution in [-0.2, 0) is 18.3 Å². The number of benzene rings is 1. The highest BCUT2D eigenvalue weighted by Gasteiger charge is 2.05. The molecule has 1 heterocycles. The van der Waals surface area contributed by atoms with Gasteiger partial charge in [0, 0.05) is 6.42 Å². The van der Waals surface area contributed by atoms with Crippen molar-refractivity contribution >= 4 is 0 Å². The Labute approximate surface area is 81.0 Å². The maximum Gasteiger partial charge on any atom is 0.178 e. The van der Waals surface area contributed by atoms with Gasteiger partial charge in [-0.25, -0.2) is 9.79 Å². The van der Waals surface area contributed by atoms with Crippen LogP contribution in [0.3, 0.4) is 0 Å². The van der Waals surface area contributed by atoms with E-state index in [0.717, 1.165) is 5.56 Å². The molecule has 14 heavy (non-hydrogen) atoms. The lowest BCUT2D eigenvalue weighted by Gasteiger charge is -1.99. The van der Waals surface area contributed by atoms with Gasteiger partial charge in [-0.1, -0.05) is 30.3 Å². The van der Waals surface area contributed by atoms with E-state index in [0.29, 0.717) is 12.2 Å². The average Bonchev–Trinajstić information content (AvgIpc) is 2.67. The molecule has 0 saturated heterocycles. The van der Waals surface area contributed by atoms with Crippen LogP contribution in [-0.4, -0.2) is 20.2 Å². The Kier molecular flexibility index (Phi) is 2.51. The lowest BCUT2D eigenvalue weighted by atomic mass is 10.1. The largest absolute Gasteiger partial charge is 0.211 e. The molecule has 0 aliphatic rings. The molecule has 1 aromatic carbocycles. The molecule has 0 atom stereocenters. The first-order chi connectivity index (χ1) is 6.90. The predicted molar refractivity (Wildman–Crippen MR) is 47.8 cm³/mol. The van der Waals surface area contributed by atoms with Gasteiger partial charge in [-0.3, -0.25) is 0 Å². The molecule has 5 heteroatoms. The minimum atomic E-state index is -0.435. The van der Waals surface area contributed by atoms with E-state index >= 15 is 0 Å². The van der Waals surface area contributed by atoms with E-state index in [-0.39, 0.29) is 0 Å². The fourth-order valence-electron chi connectivity index (χ4n) is 1.23. The topological polar surface area (TPSA) is 63.5 Å².